The second kappa shape index (κ2) is 7.68. The standard InChI is InChI=1S/C18H29NO/c1-14(2)19-13-18(15-8-5-4-6-9-15)16-10-7-11-17(12-16)20-3/h7,10-12,14-15,18-19H,4-6,8-9,13H2,1-3H3. The van der Waals surface area contributed by atoms with E-state index in [0.29, 0.717) is 12.0 Å². The van der Waals surface area contributed by atoms with Crippen molar-refractivity contribution >= 4 is 0 Å². The van der Waals surface area contributed by atoms with Gasteiger partial charge in [0.2, 0.25) is 0 Å². The highest BCUT2D eigenvalue weighted by Crippen LogP contribution is 2.36. The maximum atomic E-state index is 5.40. The zero-order chi connectivity index (χ0) is 14.4. The van der Waals surface area contributed by atoms with Gasteiger partial charge in [0.15, 0.2) is 0 Å². The Morgan fingerprint density at radius 3 is 2.60 bits per heavy atom. The van der Waals surface area contributed by atoms with Crippen LogP contribution in [0.3, 0.4) is 0 Å². The Hall–Kier alpha value is -1.02. The third-order valence-electron chi connectivity index (χ3n) is 4.49. The number of benzene rings is 1. The van der Waals surface area contributed by atoms with Gasteiger partial charge in [-0.3, -0.25) is 0 Å². The molecule has 1 aromatic rings. The molecular formula is C18H29NO. The van der Waals surface area contributed by atoms with E-state index in [-0.39, 0.29) is 0 Å². The van der Waals surface area contributed by atoms with E-state index in [1.165, 1.54) is 37.7 Å². The van der Waals surface area contributed by atoms with Gasteiger partial charge in [-0.25, -0.2) is 0 Å². The van der Waals surface area contributed by atoms with Crippen LogP contribution in [0.25, 0.3) is 0 Å². The molecule has 0 aromatic heterocycles. The van der Waals surface area contributed by atoms with Crippen LogP contribution in [0.4, 0.5) is 0 Å². The second-order valence-electron chi connectivity index (χ2n) is 6.34. The lowest BCUT2D eigenvalue weighted by Gasteiger charge is -2.31. The van der Waals surface area contributed by atoms with Gasteiger partial charge in [0, 0.05) is 12.6 Å². The van der Waals surface area contributed by atoms with Gasteiger partial charge < -0.3 is 10.1 Å². The van der Waals surface area contributed by atoms with E-state index < -0.39 is 0 Å². The van der Waals surface area contributed by atoms with Crippen LogP contribution in [0.15, 0.2) is 24.3 Å². The minimum absolute atomic E-state index is 0.548. The smallest absolute Gasteiger partial charge is 0.119 e. The zero-order valence-corrected chi connectivity index (χ0v) is 13.2. The molecule has 0 radical (unpaired) electrons. The summed E-state index contributed by atoms with van der Waals surface area (Å²) < 4.78 is 5.40. The van der Waals surface area contributed by atoms with E-state index >= 15 is 0 Å². The Labute approximate surface area is 123 Å². The molecule has 20 heavy (non-hydrogen) atoms. The Morgan fingerprint density at radius 2 is 1.95 bits per heavy atom. The van der Waals surface area contributed by atoms with Gasteiger partial charge in [0.25, 0.3) is 0 Å². The van der Waals surface area contributed by atoms with Crippen LogP contribution in [-0.4, -0.2) is 19.7 Å². The third kappa shape index (κ3) is 4.24. The Morgan fingerprint density at radius 1 is 1.20 bits per heavy atom. The van der Waals surface area contributed by atoms with E-state index in [2.05, 4.69) is 37.4 Å². The summed E-state index contributed by atoms with van der Waals surface area (Å²) in [5.41, 5.74) is 1.43. The summed E-state index contributed by atoms with van der Waals surface area (Å²) in [5.74, 6) is 2.42. The number of rotatable bonds is 6. The summed E-state index contributed by atoms with van der Waals surface area (Å²) in [7, 11) is 1.75. The summed E-state index contributed by atoms with van der Waals surface area (Å²) in [6.45, 7) is 5.53. The SMILES string of the molecule is COc1cccc(C(CNC(C)C)C2CCCCC2)c1. The lowest BCUT2D eigenvalue weighted by atomic mass is 9.76. The fraction of sp³-hybridized carbons (Fsp3) is 0.667. The Bertz CT molecular complexity index is 396. The van der Waals surface area contributed by atoms with Crippen LogP contribution in [0.5, 0.6) is 5.75 Å². The third-order valence-corrected chi connectivity index (χ3v) is 4.49. The fourth-order valence-electron chi connectivity index (χ4n) is 3.33. The molecule has 1 atom stereocenters. The van der Waals surface area contributed by atoms with Crippen LogP contribution in [0.1, 0.15) is 57.4 Å². The molecule has 1 aliphatic carbocycles. The average molecular weight is 275 g/mol. The molecule has 0 spiro atoms. The summed E-state index contributed by atoms with van der Waals surface area (Å²) in [5, 5.41) is 3.64. The summed E-state index contributed by atoms with van der Waals surface area (Å²) >= 11 is 0. The first-order valence-electron chi connectivity index (χ1n) is 8.08. The van der Waals surface area contributed by atoms with Crippen LogP contribution in [0.2, 0.25) is 0 Å². The molecule has 2 heteroatoms. The second-order valence-corrected chi connectivity index (χ2v) is 6.34. The van der Waals surface area contributed by atoms with Gasteiger partial charge in [-0.2, -0.15) is 0 Å². The molecule has 112 valence electrons. The van der Waals surface area contributed by atoms with Crippen molar-refractivity contribution in [2.45, 2.75) is 57.9 Å². The van der Waals surface area contributed by atoms with Gasteiger partial charge >= 0.3 is 0 Å². The van der Waals surface area contributed by atoms with Gasteiger partial charge in [0.05, 0.1) is 7.11 Å². The van der Waals surface area contributed by atoms with Crippen molar-refractivity contribution < 1.29 is 4.74 Å². The molecule has 1 aliphatic rings. The Kier molecular flexibility index (Phi) is 5.90. The molecule has 1 unspecified atom stereocenters. The summed E-state index contributed by atoms with van der Waals surface area (Å²) in [6.07, 6.45) is 6.96. The molecule has 1 fully saturated rings. The molecule has 1 saturated carbocycles. The topological polar surface area (TPSA) is 21.3 Å². The number of nitrogens with one attached hydrogen (secondary N) is 1. The normalized spacial score (nSPS) is 18.2. The van der Waals surface area contributed by atoms with E-state index in [9.17, 15) is 0 Å². The van der Waals surface area contributed by atoms with Crippen molar-refractivity contribution in [2.24, 2.45) is 5.92 Å². The van der Waals surface area contributed by atoms with Crippen molar-refractivity contribution in [3.8, 4) is 5.75 Å². The van der Waals surface area contributed by atoms with Crippen molar-refractivity contribution in [1.82, 2.24) is 5.32 Å². The van der Waals surface area contributed by atoms with Crippen LogP contribution in [-0.2, 0) is 0 Å². The number of ether oxygens (including phenoxy) is 1. The first-order valence-corrected chi connectivity index (χ1v) is 8.08. The predicted octanol–water partition coefficient (Wildman–Crippen LogP) is 4.36. The van der Waals surface area contributed by atoms with Crippen molar-refractivity contribution in [3.63, 3.8) is 0 Å². The lowest BCUT2D eigenvalue weighted by Crippen LogP contribution is -2.32. The van der Waals surface area contributed by atoms with Crippen molar-refractivity contribution in [3.05, 3.63) is 29.8 Å². The van der Waals surface area contributed by atoms with E-state index in [1.54, 1.807) is 7.11 Å². The van der Waals surface area contributed by atoms with E-state index in [0.717, 1.165) is 18.2 Å². The molecule has 2 rings (SSSR count). The van der Waals surface area contributed by atoms with Crippen molar-refractivity contribution in [1.29, 1.82) is 0 Å². The Balaban J connectivity index is 2.14. The highest BCUT2D eigenvalue weighted by atomic mass is 16.5. The van der Waals surface area contributed by atoms with Crippen LogP contribution >= 0.6 is 0 Å². The minimum atomic E-state index is 0.548. The average Bonchev–Trinajstić information content (AvgIpc) is 2.48. The molecule has 1 aromatic carbocycles. The molecule has 1 N–H and O–H groups in total. The zero-order valence-electron chi connectivity index (χ0n) is 13.2. The molecular weight excluding hydrogens is 246 g/mol. The lowest BCUT2D eigenvalue weighted by molar-refractivity contribution is 0.292. The van der Waals surface area contributed by atoms with Crippen LogP contribution in [0, 0.1) is 5.92 Å². The summed E-state index contributed by atoms with van der Waals surface area (Å²) in [6, 6.07) is 9.20. The molecule has 0 amide bonds. The first kappa shape index (κ1) is 15.4. The molecule has 0 heterocycles. The number of hydrogen-bond acceptors (Lipinski definition) is 2. The van der Waals surface area contributed by atoms with E-state index in [4.69, 9.17) is 4.74 Å². The maximum absolute atomic E-state index is 5.40. The number of methoxy groups -OCH3 is 1. The molecule has 0 aliphatic heterocycles. The molecule has 2 nitrogen and oxygen atoms in total. The van der Waals surface area contributed by atoms with E-state index in [1.807, 2.05) is 6.07 Å². The van der Waals surface area contributed by atoms with Crippen molar-refractivity contribution in [2.75, 3.05) is 13.7 Å². The predicted molar refractivity (Wildman–Crippen MR) is 85.4 cm³/mol. The fourth-order valence-corrected chi connectivity index (χ4v) is 3.33. The highest BCUT2D eigenvalue weighted by molar-refractivity contribution is 5.31. The molecule has 0 bridgehead atoms. The summed E-state index contributed by atoms with van der Waals surface area (Å²) in [4.78, 5) is 0. The number of hydrogen-bond donors (Lipinski definition) is 1. The maximum Gasteiger partial charge on any atom is 0.119 e. The van der Waals surface area contributed by atoms with Crippen LogP contribution < -0.4 is 10.1 Å². The van der Waals surface area contributed by atoms with Gasteiger partial charge in [0.1, 0.15) is 5.75 Å². The minimum Gasteiger partial charge on any atom is -0.497 e. The van der Waals surface area contributed by atoms with Gasteiger partial charge in [-0.05, 0) is 42.4 Å². The molecule has 0 saturated heterocycles. The quantitative estimate of drug-likeness (QED) is 0.833. The van der Waals surface area contributed by atoms with Gasteiger partial charge in [-0.1, -0.05) is 45.2 Å². The largest absolute Gasteiger partial charge is 0.497 e. The monoisotopic (exact) mass is 275 g/mol. The van der Waals surface area contributed by atoms with Gasteiger partial charge in [-0.15, -0.1) is 0 Å². The first-order chi connectivity index (χ1) is 9.70. The highest BCUT2D eigenvalue weighted by Gasteiger charge is 2.25.